The third-order valence-electron chi connectivity index (χ3n) is 3.24. The number of amides is 1. The maximum atomic E-state index is 13.5. The van der Waals surface area contributed by atoms with Gasteiger partial charge in [-0.05, 0) is 42.8 Å². The van der Waals surface area contributed by atoms with Gasteiger partial charge in [-0.3, -0.25) is 4.79 Å². The fraction of sp³-hybridized carbons (Fsp3) is 0.235. The lowest BCUT2D eigenvalue weighted by molar-refractivity contribution is -0.119. The quantitative estimate of drug-likeness (QED) is 0.728. The van der Waals surface area contributed by atoms with E-state index >= 15 is 0 Å². The lowest BCUT2D eigenvalue weighted by Crippen LogP contribution is -2.21. The van der Waals surface area contributed by atoms with Crippen molar-refractivity contribution in [1.29, 1.82) is 0 Å². The van der Waals surface area contributed by atoms with Gasteiger partial charge in [0.1, 0.15) is 11.6 Å². The van der Waals surface area contributed by atoms with Crippen LogP contribution in [0.1, 0.15) is 11.1 Å². The summed E-state index contributed by atoms with van der Waals surface area (Å²) in [6.45, 7) is 0.898. The number of carbonyl (C=O) groups excluding carboxylic acids is 1. The van der Waals surface area contributed by atoms with E-state index in [0.29, 0.717) is 35.8 Å². The van der Waals surface area contributed by atoms with Crippen molar-refractivity contribution in [3.05, 3.63) is 64.4 Å². The summed E-state index contributed by atoms with van der Waals surface area (Å²) in [6.07, 6.45) is 0.574. The van der Waals surface area contributed by atoms with E-state index in [4.69, 9.17) is 22.1 Å². The number of nitrogens with one attached hydrogen (secondary N) is 1. The van der Waals surface area contributed by atoms with E-state index in [-0.39, 0.29) is 12.4 Å². The molecule has 2 aromatic carbocycles. The molecule has 0 heterocycles. The summed E-state index contributed by atoms with van der Waals surface area (Å²) in [6, 6.07) is 11.8. The van der Waals surface area contributed by atoms with Gasteiger partial charge < -0.3 is 15.8 Å². The highest BCUT2D eigenvalue weighted by atomic mass is 35.5. The molecule has 2 aromatic rings. The topological polar surface area (TPSA) is 64.4 Å². The Bertz CT molecular complexity index is 679. The molecule has 1 amide bonds. The van der Waals surface area contributed by atoms with E-state index in [9.17, 15) is 9.18 Å². The number of ether oxygens (including phenoxy) is 1. The van der Waals surface area contributed by atoms with Crippen LogP contribution in [0.25, 0.3) is 0 Å². The fourth-order valence-electron chi connectivity index (χ4n) is 2.12. The number of hydrogen-bond acceptors (Lipinski definition) is 3. The van der Waals surface area contributed by atoms with Gasteiger partial charge in [0.15, 0.2) is 6.61 Å². The Morgan fingerprint density at radius 3 is 2.74 bits per heavy atom. The maximum Gasteiger partial charge on any atom is 0.255 e. The van der Waals surface area contributed by atoms with E-state index in [2.05, 4.69) is 5.32 Å². The normalized spacial score (nSPS) is 10.5. The van der Waals surface area contributed by atoms with Crippen LogP contribution in [0, 0.1) is 5.82 Å². The largest absolute Gasteiger partial charge is 0.483 e. The summed E-state index contributed by atoms with van der Waals surface area (Å²) in [5.41, 5.74) is 6.55. The predicted molar refractivity (Wildman–Crippen MR) is 88.0 cm³/mol. The molecule has 0 spiro atoms. The molecule has 0 aromatic heterocycles. The Morgan fingerprint density at radius 1 is 1.22 bits per heavy atom. The highest BCUT2D eigenvalue weighted by Gasteiger charge is 2.07. The first-order valence-corrected chi connectivity index (χ1v) is 7.57. The zero-order valence-electron chi connectivity index (χ0n) is 12.5. The van der Waals surface area contributed by atoms with E-state index in [1.165, 1.54) is 6.07 Å². The molecule has 122 valence electrons. The number of rotatable bonds is 8. The molecule has 0 saturated heterocycles. The summed E-state index contributed by atoms with van der Waals surface area (Å²) in [5, 5.41) is 3.78. The monoisotopic (exact) mass is 336 g/mol. The number of primary amides is 1. The van der Waals surface area contributed by atoms with Gasteiger partial charge in [0.05, 0.1) is 0 Å². The van der Waals surface area contributed by atoms with Gasteiger partial charge in [0.2, 0.25) is 0 Å². The first-order valence-electron chi connectivity index (χ1n) is 7.20. The van der Waals surface area contributed by atoms with E-state index in [1.54, 1.807) is 30.3 Å². The zero-order valence-corrected chi connectivity index (χ0v) is 13.3. The van der Waals surface area contributed by atoms with Crippen molar-refractivity contribution in [2.24, 2.45) is 5.73 Å². The molecule has 0 fully saturated rings. The predicted octanol–water partition coefficient (Wildman–Crippen LogP) is 2.68. The molecule has 0 atom stereocenters. The molecule has 0 bridgehead atoms. The van der Waals surface area contributed by atoms with Crippen molar-refractivity contribution < 1.29 is 13.9 Å². The van der Waals surface area contributed by atoms with Crippen LogP contribution in [0.5, 0.6) is 5.75 Å². The third kappa shape index (κ3) is 5.54. The van der Waals surface area contributed by atoms with Crippen molar-refractivity contribution in [2.75, 3.05) is 13.2 Å². The second-order valence-electron chi connectivity index (χ2n) is 5.03. The zero-order chi connectivity index (χ0) is 16.7. The Morgan fingerprint density at radius 2 is 2.00 bits per heavy atom. The minimum absolute atomic E-state index is 0.191. The van der Waals surface area contributed by atoms with Crippen molar-refractivity contribution in [1.82, 2.24) is 5.32 Å². The molecule has 0 saturated carbocycles. The number of nitrogens with two attached hydrogens (primary N) is 1. The van der Waals surface area contributed by atoms with Gasteiger partial charge in [-0.25, -0.2) is 4.39 Å². The van der Waals surface area contributed by atoms with Gasteiger partial charge in [-0.1, -0.05) is 29.8 Å². The van der Waals surface area contributed by atoms with Crippen LogP contribution in [-0.2, 0) is 17.8 Å². The Balaban J connectivity index is 1.90. The van der Waals surface area contributed by atoms with Crippen LogP contribution in [0.2, 0.25) is 5.02 Å². The van der Waals surface area contributed by atoms with Crippen LogP contribution >= 0.6 is 11.6 Å². The second-order valence-corrected chi connectivity index (χ2v) is 5.46. The molecular weight excluding hydrogens is 319 g/mol. The summed E-state index contributed by atoms with van der Waals surface area (Å²) in [7, 11) is 0. The maximum absolute atomic E-state index is 13.5. The molecular formula is C17H18ClFN2O2. The summed E-state index contributed by atoms with van der Waals surface area (Å²) in [5.74, 6) is -0.201. The fourth-order valence-corrected chi connectivity index (χ4v) is 2.32. The molecule has 0 aliphatic rings. The van der Waals surface area contributed by atoms with Crippen molar-refractivity contribution in [2.45, 2.75) is 13.0 Å². The minimum atomic E-state index is -0.543. The molecule has 0 aliphatic heterocycles. The highest BCUT2D eigenvalue weighted by Crippen LogP contribution is 2.22. The van der Waals surface area contributed by atoms with Gasteiger partial charge in [0.25, 0.3) is 5.91 Å². The molecule has 2 rings (SSSR count). The number of hydrogen-bond donors (Lipinski definition) is 2. The van der Waals surface area contributed by atoms with Gasteiger partial charge >= 0.3 is 0 Å². The van der Waals surface area contributed by atoms with Gasteiger partial charge in [-0.15, -0.1) is 0 Å². The van der Waals surface area contributed by atoms with E-state index in [0.717, 1.165) is 5.56 Å². The minimum Gasteiger partial charge on any atom is -0.483 e. The van der Waals surface area contributed by atoms with Gasteiger partial charge in [-0.2, -0.15) is 0 Å². The molecule has 6 heteroatoms. The number of benzene rings is 2. The smallest absolute Gasteiger partial charge is 0.255 e. The standard InChI is InChI=1S/C17H18ClFN2O2/c18-14-5-6-16(23-11-17(20)22)13(9-14)10-21-8-7-12-3-1-2-4-15(12)19/h1-6,9,21H,7-8,10-11H2,(H2,20,22). The lowest BCUT2D eigenvalue weighted by Gasteiger charge is -2.12. The molecule has 0 radical (unpaired) electrons. The Kier molecular flexibility index (Phi) is 6.38. The van der Waals surface area contributed by atoms with Crippen LogP contribution < -0.4 is 15.8 Å². The average molecular weight is 337 g/mol. The van der Waals surface area contributed by atoms with Crippen LogP contribution in [0.15, 0.2) is 42.5 Å². The molecule has 4 nitrogen and oxygen atoms in total. The van der Waals surface area contributed by atoms with Crippen molar-refractivity contribution >= 4 is 17.5 Å². The SMILES string of the molecule is NC(=O)COc1ccc(Cl)cc1CNCCc1ccccc1F. The Labute approximate surface area is 139 Å². The van der Waals surface area contributed by atoms with Crippen LogP contribution in [0.4, 0.5) is 4.39 Å². The number of carbonyl (C=O) groups is 1. The molecule has 3 N–H and O–H groups in total. The second kappa shape index (κ2) is 8.50. The summed E-state index contributed by atoms with van der Waals surface area (Å²) < 4.78 is 18.9. The number of halogens is 2. The van der Waals surface area contributed by atoms with E-state index in [1.807, 2.05) is 6.07 Å². The summed E-state index contributed by atoms with van der Waals surface area (Å²) >= 11 is 5.98. The highest BCUT2D eigenvalue weighted by molar-refractivity contribution is 6.30. The van der Waals surface area contributed by atoms with Crippen molar-refractivity contribution in [3.8, 4) is 5.75 Å². The first-order chi connectivity index (χ1) is 11.1. The third-order valence-corrected chi connectivity index (χ3v) is 3.47. The molecule has 0 aliphatic carbocycles. The lowest BCUT2D eigenvalue weighted by atomic mass is 10.1. The summed E-state index contributed by atoms with van der Waals surface area (Å²) in [4.78, 5) is 10.8. The average Bonchev–Trinajstić information content (AvgIpc) is 2.52. The first kappa shape index (κ1) is 17.2. The van der Waals surface area contributed by atoms with Gasteiger partial charge in [0, 0.05) is 17.1 Å². The van der Waals surface area contributed by atoms with E-state index < -0.39 is 5.91 Å². The molecule has 0 unspecified atom stereocenters. The molecule has 23 heavy (non-hydrogen) atoms. The van der Waals surface area contributed by atoms with Crippen molar-refractivity contribution in [3.63, 3.8) is 0 Å². The van der Waals surface area contributed by atoms with Crippen LogP contribution in [0.3, 0.4) is 0 Å². The Hall–Kier alpha value is -2.11. The van der Waals surface area contributed by atoms with Crippen LogP contribution in [-0.4, -0.2) is 19.1 Å².